The molecule has 0 radical (unpaired) electrons. The molecule has 18 heavy (non-hydrogen) atoms. The molecule has 0 amide bonds. The number of benzene rings is 1. The number of carboxylic acids is 1. The minimum absolute atomic E-state index is 0.0481. The van der Waals surface area contributed by atoms with E-state index in [1.54, 1.807) is 18.2 Å². The van der Waals surface area contributed by atoms with Gasteiger partial charge in [0.1, 0.15) is 6.07 Å². The second kappa shape index (κ2) is 5.28. The number of nitriles is 1. The van der Waals surface area contributed by atoms with E-state index in [0.29, 0.717) is 10.6 Å². The fourth-order valence-corrected chi connectivity index (χ4v) is 2.57. The van der Waals surface area contributed by atoms with Crippen LogP contribution in [0.3, 0.4) is 0 Å². The highest BCUT2D eigenvalue weighted by Gasteiger charge is 2.28. The number of carbonyl (C=O) groups is 1. The van der Waals surface area contributed by atoms with Gasteiger partial charge in [0.25, 0.3) is 0 Å². The van der Waals surface area contributed by atoms with E-state index in [2.05, 4.69) is 6.07 Å². The van der Waals surface area contributed by atoms with Gasteiger partial charge in [0.2, 0.25) is 0 Å². The van der Waals surface area contributed by atoms with Crippen molar-refractivity contribution >= 4 is 23.3 Å². The van der Waals surface area contributed by atoms with E-state index < -0.39 is 5.97 Å². The third-order valence-electron chi connectivity index (χ3n) is 3.18. The first kappa shape index (κ1) is 12.7. The molecule has 1 aromatic carbocycles. The third-order valence-corrected chi connectivity index (χ3v) is 3.41. The first-order chi connectivity index (χ1) is 8.61. The molecule has 0 spiro atoms. The molecule has 1 saturated heterocycles. The van der Waals surface area contributed by atoms with Gasteiger partial charge < -0.3 is 10.0 Å². The van der Waals surface area contributed by atoms with Gasteiger partial charge in [-0.3, -0.25) is 4.79 Å². The van der Waals surface area contributed by atoms with Crippen LogP contribution in [0.1, 0.15) is 24.8 Å². The number of anilines is 1. The number of rotatable bonds is 3. The normalized spacial score (nSPS) is 18.7. The maximum absolute atomic E-state index is 10.8. The van der Waals surface area contributed by atoms with Crippen LogP contribution in [0.15, 0.2) is 18.2 Å². The zero-order chi connectivity index (χ0) is 13.1. The van der Waals surface area contributed by atoms with Gasteiger partial charge in [-0.25, -0.2) is 0 Å². The standard InChI is InChI=1S/C13H13ClN2O2/c14-10-4-3-9(8-15)12(6-10)16-5-1-2-11(16)7-13(17)18/h3-4,6,11H,1-2,5,7H2,(H,17,18). The fraction of sp³-hybridized carbons (Fsp3) is 0.385. The number of halogens is 1. The van der Waals surface area contributed by atoms with Gasteiger partial charge in [-0.1, -0.05) is 11.6 Å². The molecule has 1 atom stereocenters. The summed E-state index contributed by atoms with van der Waals surface area (Å²) in [5, 5.41) is 18.6. The highest BCUT2D eigenvalue weighted by molar-refractivity contribution is 6.30. The summed E-state index contributed by atoms with van der Waals surface area (Å²) in [6.07, 6.45) is 1.87. The van der Waals surface area contributed by atoms with Gasteiger partial charge in [-0.05, 0) is 31.0 Å². The number of carboxylic acid groups (broad SMARTS) is 1. The number of hydrogen-bond acceptors (Lipinski definition) is 3. The lowest BCUT2D eigenvalue weighted by Gasteiger charge is -2.26. The summed E-state index contributed by atoms with van der Waals surface area (Å²) < 4.78 is 0. The van der Waals surface area contributed by atoms with Crippen LogP contribution in [0.4, 0.5) is 5.69 Å². The van der Waals surface area contributed by atoms with Gasteiger partial charge in [0, 0.05) is 17.6 Å². The van der Waals surface area contributed by atoms with E-state index in [4.69, 9.17) is 22.0 Å². The van der Waals surface area contributed by atoms with Crippen LogP contribution < -0.4 is 4.90 Å². The Morgan fingerprint density at radius 2 is 2.39 bits per heavy atom. The molecule has 0 aromatic heterocycles. The van der Waals surface area contributed by atoms with Crippen molar-refractivity contribution in [1.29, 1.82) is 5.26 Å². The summed E-state index contributed by atoms with van der Waals surface area (Å²) >= 11 is 5.95. The minimum atomic E-state index is -0.813. The summed E-state index contributed by atoms with van der Waals surface area (Å²) in [4.78, 5) is 12.8. The zero-order valence-electron chi connectivity index (χ0n) is 9.77. The van der Waals surface area contributed by atoms with Crippen LogP contribution in [-0.2, 0) is 4.79 Å². The fourth-order valence-electron chi connectivity index (χ4n) is 2.40. The second-order valence-electron chi connectivity index (χ2n) is 4.36. The van der Waals surface area contributed by atoms with Gasteiger partial charge in [-0.2, -0.15) is 5.26 Å². The predicted molar refractivity (Wildman–Crippen MR) is 68.8 cm³/mol. The van der Waals surface area contributed by atoms with E-state index in [1.807, 2.05) is 4.90 Å². The zero-order valence-corrected chi connectivity index (χ0v) is 10.5. The highest BCUT2D eigenvalue weighted by atomic mass is 35.5. The quantitative estimate of drug-likeness (QED) is 0.912. The van der Waals surface area contributed by atoms with Gasteiger partial charge in [-0.15, -0.1) is 0 Å². The summed E-state index contributed by atoms with van der Waals surface area (Å²) in [6, 6.07) is 7.16. The molecule has 0 aliphatic carbocycles. The molecule has 1 fully saturated rings. The van der Waals surface area contributed by atoms with Crippen molar-refractivity contribution in [3.05, 3.63) is 28.8 Å². The van der Waals surface area contributed by atoms with Crippen LogP contribution in [0.25, 0.3) is 0 Å². The van der Waals surface area contributed by atoms with Crippen LogP contribution in [0.5, 0.6) is 0 Å². The molecular weight excluding hydrogens is 252 g/mol. The summed E-state index contributed by atoms with van der Waals surface area (Å²) in [5.41, 5.74) is 1.28. The monoisotopic (exact) mass is 264 g/mol. The average Bonchev–Trinajstić information content (AvgIpc) is 2.76. The molecule has 4 nitrogen and oxygen atoms in total. The van der Waals surface area contributed by atoms with Gasteiger partial charge in [0.15, 0.2) is 0 Å². The van der Waals surface area contributed by atoms with Crippen molar-refractivity contribution in [3.63, 3.8) is 0 Å². The Balaban J connectivity index is 2.32. The van der Waals surface area contributed by atoms with E-state index >= 15 is 0 Å². The Kier molecular flexibility index (Phi) is 3.73. The molecule has 1 aromatic rings. The molecular formula is C13H13ClN2O2. The predicted octanol–water partition coefficient (Wildman–Crippen LogP) is 2.66. The molecule has 1 aliphatic rings. The van der Waals surface area contributed by atoms with Crippen molar-refractivity contribution < 1.29 is 9.90 Å². The van der Waals surface area contributed by atoms with Crippen molar-refractivity contribution in [2.75, 3.05) is 11.4 Å². The SMILES string of the molecule is N#Cc1ccc(Cl)cc1N1CCCC1CC(=O)O. The van der Waals surface area contributed by atoms with Crippen molar-refractivity contribution in [3.8, 4) is 6.07 Å². The summed E-state index contributed by atoms with van der Waals surface area (Å²) in [7, 11) is 0. The summed E-state index contributed by atoms with van der Waals surface area (Å²) in [5.74, 6) is -0.813. The Morgan fingerprint density at radius 1 is 1.61 bits per heavy atom. The van der Waals surface area contributed by atoms with Crippen molar-refractivity contribution in [2.45, 2.75) is 25.3 Å². The lowest BCUT2D eigenvalue weighted by atomic mass is 10.1. The van der Waals surface area contributed by atoms with E-state index in [-0.39, 0.29) is 12.5 Å². The van der Waals surface area contributed by atoms with E-state index in [0.717, 1.165) is 25.1 Å². The first-order valence-electron chi connectivity index (χ1n) is 5.80. The first-order valence-corrected chi connectivity index (χ1v) is 6.17. The third kappa shape index (κ3) is 2.57. The molecule has 1 heterocycles. The molecule has 5 heteroatoms. The van der Waals surface area contributed by atoms with Crippen LogP contribution in [0, 0.1) is 11.3 Å². The van der Waals surface area contributed by atoms with Gasteiger partial charge >= 0.3 is 5.97 Å². The lowest BCUT2D eigenvalue weighted by Crippen LogP contribution is -2.31. The molecule has 0 bridgehead atoms. The molecule has 1 N–H and O–H groups in total. The highest BCUT2D eigenvalue weighted by Crippen LogP contribution is 2.31. The second-order valence-corrected chi connectivity index (χ2v) is 4.80. The number of nitrogens with zero attached hydrogens (tertiary/aromatic N) is 2. The molecule has 0 saturated carbocycles. The Hall–Kier alpha value is -1.73. The van der Waals surface area contributed by atoms with Gasteiger partial charge in [0.05, 0.1) is 17.7 Å². The van der Waals surface area contributed by atoms with Crippen molar-refractivity contribution in [1.82, 2.24) is 0 Å². The number of aliphatic carboxylic acids is 1. The Labute approximate surface area is 110 Å². The van der Waals surface area contributed by atoms with Crippen LogP contribution >= 0.6 is 11.6 Å². The maximum atomic E-state index is 10.8. The Morgan fingerprint density at radius 3 is 3.06 bits per heavy atom. The van der Waals surface area contributed by atoms with Crippen LogP contribution in [-0.4, -0.2) is 23.7 Å². The molecule has 2 rings (SSSR count). The molecule has 1 aliphatic heterocycles. The number of hydrogen-bond donors (Lipinski definition) is 1. The van der Waals surface area contributed by atoms with Crippen LogP contribution in [0.2, 0.25) is 5.02 Å². The summed E-state index contributed by atoms with van der Waals surface area (Å²) in [6.45, 7) is 0.771. The van der Waals surface area contributed by atoms with E-state index in [9.17, 15) is 4.79 Å². The molecule has 1 unspecified atom stereocenters. The topological polar surface area (TPSA) is 64.3 Å². The largest absolute Gasteiger partial charge is 0.481 e. The van der Waals surface area contributed by atoms with Crippen molar-refractivity contribution in [2.24, 2.45) is 0 Å². The van der Waals surface area contributed by atoms with E-state index in [1.165, 1.54) is 0 Å². The lowest BCUT2D eigenvalue weighted by molar-refractivity contribution is -0.137. The average molecular weight is 265 g/mol. The minimum Gasteiger partial charge on any atom is -0.481 e. The maximum Gasteiger partial charge on any atom is 0.305 e. The Bertz CT molecular complexity index is 510. The molecule has 94 valence electrons. The smallest absolute Gasteiger partial charge is 0.305 e.